The SMILES string of the molecule is OC1=CN2C(=CCN2O)C=N1. The van der Waals surface area contributed by atoms with Crippen LogP contribution in [0, 0.1) is 0 Å². The highest BCUT2D eigenvalue weighted by Crippen LogP contribution is 2.18. The second-order valence-electron chi connectivity index (χ2n) is 2.27. The number of fused-ring (bicyclic) bond motifs is 1. The molecule has 2 aliphatic rings. The molecule has 0 aromatic rings. The highest BCUT2D eigenvalue weighted by atomic mass is 16.6. The largest absolute Gasteiger partial charge is 0.492 e. The number of aliphatic hydroxyl groups excluding tert-OH is 1. The summed E-state index contributed by atoms with van der Waals surface area (Å²) >= 11 is 0. The lowest BCUT2D eigenvalue weighted by Gasteiger charge is -2.23. The Morgan fingerprint density at radius 1 is 1.55 bits per heavy atom. The Morgan fingerprint density at radius 2 is 2.36 bits per heavy atom. The average Bonchev–Trinajstić information content (AvgIpc) is 2.33. The Kier molecular flexibility index (Phi) is 1.21. The first kappa shape index (κ1) is 6.38. The van der Waals surface area contributed by atoms with Gasteiger partial charge in [-0.15, -0.1) is 0 Å². The summed E-state index contributed by atoms with van der Waals surface area (Å²) < 4.78 is 0. The Balaban J connectivity index is 2.32. The van der Waals surface area contributed by atoms with Gasteiger partial charge in [0.05, 0.1) is 24.7 Å². The lowest BCUT2D eigenvalue weighted by atomic mass is 10.4. The molecular weight excluding hydrogens is 146 g/mol. The molecule has 0 saturated carbocycles. The van der Waals surface area contributed by atoms with Gasteiger partial charge in [0.15, 0.2) is 0 Å². The van der Waals surface area contributed by atoms with E-state index in [9.17, 15) is 0 Å². The van der Waals surface area contributed by atoms with Crippen LogP contribution < -0.4 is 0 Å². The molecule has 0 bridgehead atoms. The van der Waals surface area contributed by atoms with E-state index in [2.05, 4.69) is 4.99 Å². The van der Waals surface area contributed by atoms with Crippen LogP contribution in [0.3, 0.4) is 0 Å². The molecular formula is C6H7N3O2. The van der Waals surface area contributed by atoms with Crippen LogP contribution in [-0.2, 0) is 0 Å². The van der Waals surface area contributed by atoms with Gasteiger partial charge in [0.25, 0.3) is 0 Å². The number of hydrogen-bond donors (Lipinski definition) is 2. The molecule has 0 unspecified atom stereocenters. The van der Waals surface area contributed by atoms with Crippen molar-refractivity contribution < 1.29 is 10.3 Å². The molecule has 0 saturated heterocycles. The number of hydroxylamine groups is 1. The van der Waals surface area contributed by atoms with Crippen LogP contribution in [-0.4, -0.2) is 33.3 Å². The normalized spacial score (nSPS) is 23.2. The van der Waals surface area contributed by atoms with Gasteiger partial charge in [0.1, 0.15) is 0 Å². The Labute approximate surface area is 63.1 Å². The predicted octanol–water partition coefficient (Wildman–Crippen LogP) is 0.233. The van der Waals surface area contributed by atoms with Crippen LogP contribution in [0.15, 0.2) is 28.8 Å². The number of hydrazine groups is 1. The number of aliphatic hydroxyl groups is 1. The number of nitrogens with zero attached hydrogens (tertiary/aromatic N) is 3. The molecule has 58 valence electrons. The minimum absolute atomic E-state index is 0.108. The Bertz CT molecular complexity index is 269. The van der Waals surface area contributed by atoms with Crippen LogP contribution in [0.2, 0.25) is 0 Å². The molecule has 0 fully saturated rings. The lowest BCUT2D eigenvalue weighted by molar-refractivity contribution is -0.188. The zero-order chi connectivity index (χ0) is 7.84. The molecule has 5 nitrogen and oxygen atoms in total. The highest BCUT2D eigenvalue weighted by molar-refractivity contribution is 5.80. The van der Waals surface area contributed by atoms with E-state index < -0.39 is 0 Å². The third kappa shape index (κ3) is 0.903. The van der Waals surface area contributed by atoms with Gasteiger partial charge in [-0.2, -0.15) is 0 Å². The summed E-state index contributed by atoms with van der Waals surface area (Å²) in [5, 5.41) is 20.5. The monoisotopic (exact) mass is 153 g/mol. The quantitative estimate of drug-likeness (QED) is 0.523. The van der Waals surface area contributed by atoms with Crippen molar-refractivity contribution in [2.24, 2.45) is 4.99 Å². The minimum atomic E-state index is -0.108. The maximum atomic E-state index is 9.13. The standard InChI is InChI=1S/C6H7N3O2/c10-6-4-8-5(3-7-6)1-2-9(8)11/h1,3-4,10-11H,2H2. The molecule has 0 aliphatic carbocycles. The van der Waals surface area contributed by atoms with E-state index in [4.69, 9.17) is 10.3 Å². The molecule has 2 aliphatic heterocycles. The molecule has 2 heterocycles. The highest BCUT2D eigenvalue weighted by Gasteiger charge is 2.22. The van der Waals surface area contributed by atoms with Crippen molar-refractivity contribution in [3.63, 3.8) is 0 Å². The third-order valence-corrected chi connectivity index (χ3v) is 1.54. The summed E-state index contributed by atoms with van der Waals surface area (Å²) in [5.41, 5.74) is 0.769. The Hall–Kier alpha value is -1.33. The first-order valence-electron chi connectivity index (χ1n) is 3.18. The topological polar surface area (TPSA) is 59.3 Å². The lowest BCUT2D eigenvalue weighted by Crippen LogP contribution is -2.32. The van der Waals surface area contributed by atoms with E-state index in [0.29, 0.717) is 6.54 Å². The number of rotatable bonds is 0. The maximum Gasteiger partial charge on any atom is 0.229 e. The molecule has 0 atom stereocenters. The van der Waals surface area contributed by atoms with Gasteiger partial charge in [-0.3, -0.25) is 10.2 Å². The fourth-order valence-electron chi connectivity index (χ4n) is 1.02. The molecule has 0 aromatic heterocycles. The van der Waals surface area contributed by atoms with Crippen molar-refractivity contribution >= 4 is 6.21 Å². The molecule has 0 spiro atoms. The van der Waals surface area contributed by atoms with E-state index in [1.54, 1.807) is 6.08 Å². The van der Waals surface area contributed by atoms with Crippen molar-refractivity contribution in [2.75, 3.05) is 6.54 Å². The summed E-state index contributed by atoms with van der Waals surface area (Å²) in [6.07, 6.45) is 4.64. The molecule has 11 heavy (non-hydrogen) atoms. The fraction of sp³-hybridized carbons (Fsp3) is 0.167. The smallest absolute Gasteiger partial charge is 0.229 e. The van der Waals surface area contributed by atoms with Gasteiger partial charge < -0.3 is 5.11 Å². The van der Waals surface area contributed by atoms with Crippen LogP contribution in [0.1, 0.15) is 0 Å². The van der Waals surface area contributed by atoms with Gasteiger partial charge >= 0.3 is 0 Å². The van der Waals surface area contributed by atoms with E-state index in [0.717, 1.165) is 10.9 Å². The average molecular weight is 153 g/mol. The number of allylic oxidation sites excluding steroid dienone is 1. The summed E-state index contributed by atoms with van der Waals surface area (Å²) in [5.74, 6) is -0.108. The molecule has 2 N–H and O–H groups in total. The van der Waals surface area contributed by atoms with E-state index in [1.165, 1.54) is 17.4 Å². The van der Waals surface area contributed by atoms with Gasteiger partial charge in [0.2, 0.25) is 5.88 Å². The third-order valence-electron chi connectivity index (χ3n) is 1.54. The fourth-order valence-corrected chi connectivity index (χ4v) is 1.02. The van der Waals surface area contributed by atoms with Crippen LogP contribution in [0.5, 0.6) is 0 Å². The van der Waals surface area contributed by atoms with Crippen LogP contribution >= 0.6 is 0 Å². The predicted molar refractivity (Wildman–Crippen MR) is 37.6 cm³/mol. The Morgan fingerprint density at radius 3 is 3.18 bits per heavy atom. The zero-order valence-corrected chi connectivity index (χ0v) is 5.68. The van der Waals surface area contributed by atoms with E-state index in [1.807, 2.05) is 0 Å². The number of aliphatic imine (C=N–C) groups is 1. The van der Waals surface area contributed by atoms with Crippen LogP contribution in [0.4, 0.5) is 0 Å². The van der Waals surface area contributed by atoms with E-state index in [-0.39, 0.29) is 5.88 Å². The van der Waals surface area contributed by atoms with Gasteiger partial charge in [-0.1, -0.05) is 5.17 Å². The van der Waals surface area contributed by atoms with Crippen LogP contribution in [0.25, 0.3) is 0 Å². The van der Waals surface area contributed by atoms with Crippen molar-refractivity contribution in [3.05, 3.63) is 23.9 Å². The second kappa shape index (κ2) is 2.08. The van der Waals surface area contributed by atoms with E-state index >= 15 is 0 Å². The second-order valence-corrected chi connectivity index (χ2v) is 2.27. The first-order valence-corrected chi connectivity index (χ1v) is 3.18. The van der Waals surface area contributed by atoms with Crippen molar-refractivity contribution in [2.45, 2.75) is 0 Å². The summed E-state index contributed by atoms with van der Waals surface area (Å²) in [7, 11) is 0. The van der Waals surface area contributed by atoms with Crippen molar-refractivity contribution in [1.82, 2.24) is 10.2 Å². The van der Waals surface area contributed by atoms with Gasteiger partial charge in [-0.25, -0.2) is 4.99 Å². The summed E-state index contributed by atoms with van der Waals surface area (Å²) in [4.78, 5) is 3.65. The van der Waals surface area contributed by atoms with Gasteiger partial charge in [-0.05, 0) is 6.08 Å². The van der Waals surface area contributed by atoms with Crippen molar-refractivity contribution in [3.8, 4) is 0 Å². The first-order chi connectivity index (χ1) is 5.27. The minimum Gasteiger partial charge on any atom is -0.492 e. The zero-order valence-electron chi connectivity index (χ0n) is 5.68. The van der Waals surface area contributed by atoms with Gasteiger partial charge in [0, 0.05) is 0 Å². The van der Waals surface area contributed by atoms with Crippen molar-refractivity contribution in [1.29, 1.82) is 0 Å². The molecule has 2 rings (SSSR count). The summed E-state index contributed by atoms with van der Waals surface area (Å²) in [6, 6.07) is 0. The molecule has 0 amide bonds. The maximum absolute atomic E-state index is 9.13. The molecule has 5 heteroatoms. The molecule has 0 radical (unpaired) electrons. The summed E-state index contributed by atoms with van der Waals surface area (Å²) in [6.45, 7) is 0.422. The number of hydrogen-bond acceptors (Lipinski definition) is 5. The molecule has 0 aromatic carbocycles.